The SMILES string of the molecule is C[Si](C)(C)NC(P(O[Si](C)(C)C)O[Si](C)(C)C)P(O[Si](C)(C)C)O[Si](C)(C)C. The van der Waals surface area contributed by atoms with Crippen molar-refractivity contribution in [3.05, 3.63) is 0 Å². The van der Waals surface area contributed by atoms with Crippen molar-refractivity contribution in [1.29, 1.82) is 0 Å². The molecular formula is C16H47NO4P2Si5. The second-order valence-corrected chi connectivity index (χ2v) is 39.3. The summed E-state index contributed by atoms with van der Waals surface area (Å²) in [5, 5.41) is 0. The van der Waals surface area contributed by atoms with Gasteiger partial charge in [0.1, 0.15) is 13.8 Å². The zero-order valence-corrected chi connectivity index (χ0v) is 27.9. The van der Waals surface area contributed by atoms with Gasteiger partial charge in [0, 0.05) is 0 Å². The summed E-state index contributed by atoms with van der Waals surface area (Å²) in [5.41, 5.74) is -0.00596. The number of hydrogen-bond acceptors (Lipinski definition) is 5. The van der Waals surface area contributed by atoms with Gasteiger partial charge in [0.2, 0.25) is 0 Å². The van der Waals surface area contributed by atoms with Gasteiger partial charge in [-0.2, -0.15) is 0 Å². The van der Waals surface area contributed by atoms with Gasteiger partial charge in [-0.3, -0.25) is 0 Å². The summed E-state index contributed by atoms with van der Waals surface area (Å²) in [4.78, 5) is 3.93. The third-order valence-corrected chi connectivity index (χ3v) is 17.9. The molecule has 0 fully saturated rings. The van der Waals surface area contributed by atoms with E-state index in [2.05, 4.69) is 103 Å². The minimum Gasteiger partial charge on any atom is -0.375 e. The van der Waals surface area contributed by atoms with Gasteiger partial charge in [0.25, 0.3) is 0 Å². The Morgan fingerprint density at radius 2 is 0.679 bits per heavy atom. The molecule has 0 aliphatic heterocycles. The highest BCUT2D eigenvalue weighted by Gasteiger charge is 2.44. The van der Waals surface area contributed by atoms with Crippen molar-refractivity contribution in [3.63, 3.8) is 0 Å². The lowest BCUT2D eigenvalue weighted by Gasteiger charge is -2.43. The highest BCUT2D eigenvalue weighted by molar-refractivity contribution is 7.69. The molecule has 170 valence electrons. The van der Waals surface area contributed by atoms with Crippen LogP contribution in [0.1, 0.15) is 0 Å². The largest absolute Gasteiger partial charge is 0.375 e. The maximum Gasteiger partial charge on any atom is 0.191 e. The molecule has 0 bridgehead atoms. The Kier molecular flexibility index (Phi) is 11.2. The Bertz CT molecular complexity index is 414. The molecule has 0 saturated heterocycles. The van der Waals surface area contributed by atoms with Crippen molar-refractivity contribution in [2.24, 2.45) is 0 Å². The van der Waals surface area contributed by atoms with E-state index in [1.807, 2.05) is 0 Å². The van der Waals surface area contributed by atoms with Crippen molar-refractivity contribution >= 4 is 58.3 Å². The number of hydrogen-bond donors (Lipinski definition) is 1. The van der Waals surface area contributed by atoms with Gasteiger partial charge in [-0.1, -0.05) is 19.6 Å². The minimum atomic E-state index is -1.80. The van der Waals surface area contributed by atoms with Crippen LogP contribution >= 0.6 is 16.8 Å². The molecule has 0 aliphatic carbocycles. The van der Waals surface area contributed by atoms with E-state index in [1.165, 1.54) is 0 Å². The molecule has 0 atom stereocenters. The van der Waals surface area contributed by atoms with Crippen LogP contribution in [-0.4, -0.2) is 47.0 Å². The normalized spacial score (nSPS) is 15.2. The molecule has 0 rings (SSSR count). The van der Waals surface area contributed by atoms with Crippen LogP contribution in [0.4, 0.5) is 0 Å². The van der Waals surface area contributed by atoms with Gasteiger partial charge in [0.15, 0.2) is 50.0 Å². The maximum atomic E-state index is 6.69. The summed E-state index contributed by atoms with van der Waals surface area (Å²) in [6.07, 6.45) is 0. The second kappa shape index (κ2) is 10.6. The molecule has 0 aromatic heterocycles. The van der Waals surface area contributed by atoms with Crippen molar-refractivity contribution in [3.8, 4) is 0 Å². The topological polar surface area (TPSA) is 49.0 Å². The highest BCUT2D eigenvalue weighted by atomic mass is 31.2. The zero-order chi connectivity index (χ0) is 22.8. The summed E-state index contributed by atoms with van der Waals surface area (Å²) in [5.74, 6) is 0. The molecule has 0 aromatic carbocycles. The van der Waals surface area contributed by atoms with Gasteiger partial charge in [-0.15, -0.1) is 0 Å². The number of nitrogens with one attached hydrogen (secondary N) is 1. The molecule has 1 N–H and O–H groups in total. The van der Waals surface area contributed by atoms with Crippen LogP contribution in [-0.2, 0) is 16.9 Å². The first kappa shape index (κ1) is 29.7. The van der Waals surface area contributed by atoms with Gasteiger partial charge < -0.3 is 21.8 Å². The van der Waals surface area contributed by atoms with Crippen LogP contribution in [0, 0.1) is 0 Å². The average molecular weight is 520 g/mol. The van der Waals surface area contributed by atoms with Crippen LogP contribution in [0.15, 0.2) is 0 Å². The molecule has 0 unspecified atom stereocenters. The van der Waals surface area contributed by atoms with Crippen molar-refractivity contribution in [1.82, 2.24) is 4.98 Å². The quantitative estimate of drug-likeness (QED) is 0.211. The Morgan fingerprint density at radius 1 is 0.464 bits per heavy atom. The maximum absolute atomic E-state index is 6.69. The van der Waals surface area contributed by atoms with E-state index in [0.29, 0.717) is 0 Å². The van der Waals surface area contributed by atoms with E-state index in [4.69, 9.17) is 16.9 Å². The molecule has 0 radical (unpaired) electrons. The van der Waals surface area contributed by atoms with Gasteiger partial charge in [0.05, 0.1) is 0 Å². The van der Waals surface area contributed by atoms with Crippen molar-refractivity contribution in [2.75, 3.05) is 0 Å². The Balaban J connectivity index is 6.19. The van der Waals surface area contributed by atoms with Crippen LogP contribution < -0.4 is 4.98 Å². The van der Waals surface area contributed by atoms with Gasteiger partial charge in [-0.25, -0.2) is 0 Å². The fourth-order valence-corrected chi connectivity index (χ4v) is 19.3. The van der Waals surface area contributed by atoms with E-state index in [1.54, 1.807) is 0 Å². The van der Waals surface area contributed by atoms with Crippen LogP contribution in [0.25, 0.3) is 0 Å². The van der Waals surface area contributed by atoms with Crippen LogP contribution in [0.2, 0.25) is 98.2 Å². The Labute approximate surface area is 183 Å². The third-order valence-electron chi connectivity index (χ3n) is 2.42. The lowest BCUT2D eigenvalue weighted by atomic mass is 11.5. The summed E-state index contributed by atoms with van der Waals surface area (Å²) in [6, 6.07) is 0. The summed E-state index contributed by atoms with van der Waals surface area (Å²) in [7, 11) is -11.1. The van der Waals surface area contributed by atoms with Crippen molar-refractivity contribution in [2.45, 2.75) is 104 Å². The Hall–Kier alpha value is 1.74. The molecule has 5 nitrogen and oxygen atoms in total. The van der Waals surface area contributed by atoms with E-state index in [0.717, 1.165) is 0 Å². The lowest BCUT2D eigenvalue weighted by Crippen LogP contribution is -2.49. The molecule has 12 heteroatoms. The molecule has 28 heavy (non-hydrogen) atoms. The first-order valence-corrected chi connectivity index (χ1v) is 29.7. The fraction of sp³-hybridized carbons (Fsp3) is 1.00. The van der Waals surface area contributed by atoms with Crippen molar-refractivity contribution < 1.29 is 16.9 Å². The van der Waals surface area contributed by atoms with E-state index < -0.39 is 58.3 Å². The summed E-state index contributed by atoms with van der Waals surface area (Å²) in [6.45, 7) is 33.8. The monoisotopic (exact) mass is 519 g/mol. The van der Waals surface area contributed by atoms with Gasteiger partial charge in [-0.05, 0) is 78.6 Å². The first-order valence-electron chi connectivity index (χ1n) is 10.1. The molecule has 0 amide bonds. The van der Waals surface area contributed by atoms with Gasteiger partial charge >= 0.3 is 0 Å². The molecular weight excluding hydrogens is 473 g/mol. The molecule has 0 saturated carbocycles. The molecule has 0 spiro atoms. The van der Waals surface area contributed by atoms with E-state index in [-0.39, 0.29) is 5.52 Å². The van der Waals surface area contributed by atoms with E-state index in [9.17, 15) is 0 Å². The summed E-state index contributed by atoms with van der Waals surface area (Å²) >= 11 is 0. The Morgan fingerprint density at radius 3 is 0.821 bits per heavy atom. The predicted octanol–water partition coefficient (Wildman–Crippen LogP) is 7.72. The third kappa shape index (κ3) is 16.4. The van der Waals surface area contributed by atoms with Crippen LogP contribution in [0.3, 0.4) is 0 Å². The second-order valence-electron chi connectivity index (χ2n) is 12.2. The summed E-state index contributed by atoms with van der Waals surface area (Å²) < 4.78 is 26.8. The fourth-order valence-electron chi connectivity index (χ4n) is 1.89. The zero-order valence-electron chi connectivity index (χ0n) is 21.1. The number of rotatable bonds is 12. The lowest BCUT2D eigenvalue weighted by molar-refractivity contribution is 0.453. The predicted molar refractivity (Wildman–Crippen MR) is 142 cm³/mol. The average Bonchev–Trinajstić information content (AvgIpc) is 2.25. The standard InChI is InChI=1S/C16H47NO4P2Si5/c1-24(2,3)17-16(22(18-25(4,5)6)19-26(7,8)9)23(20-27(10,11)12)21-28(13,14)15/h16-17H,1-15H3. The minimum absolute atomic E-state index is 0.00596. The smallest absolute Gasteiger partial charge is 0.191 e. The van der Waals surface area contributed by atoms with Crippen LogP contribution in [0.5, 0.6) is 0 Å². The van der Waals surface area contributed by atoms with E-state index >= 15 is 0 Å². The molecule has 0 aromatic rings. The first-order chi connectivity index (χ1) is 12.0. The molecule has 0 heterocycles. The molecule has 0 aliphatic rings. The highest BCUT2D eigenvalue weighted by Crippen LogP contribution is 2.63.